The van der Waals surface area contributed by atoms with Gasteiger partial charge in [-0.2, -0.15) is 16.8 Å². The van der Waals surface area contributed by atoms with Crippen molar-refractivity contribution < 1.29 is 45.7 Å². The number of fused-ring (bicyclic) bond motifs is 1. The molecule has 2 rings (SSSR count). The van der Waals surface area contributed by atoms with Crippen molar-refractivity contribution in [3.05, 3.63) is 35.4 Å². The summed E-state index contributed by atoms with van der Waals surface area (Å²) in [6.07, 6.45) is 0. The minimum Gasteiger partial charge on any atom is -0.478 e. The van der Waals surface area contributed by atoms with Crippen molar-refractivity contribution in [2.45, 2.75) is 9.79 Å². The van der Waals surface area contributed by atoms with Crippen LogP contribution in [0.15, 0.2) is 34.1 Å². The molecule has 0 aliphatic carbocycles. The summed E-state index contributed by atoms with van der Waals surface area (Å²) < 4.78 is 63.3. The van der Waals surface area contributed by atoms with Crippen molar-refractivity contribution in [2.24, 2.45) is 0 Å². The van der Waals surface area contributed by atoms with E-state index in [1.807, 2.05) is 0 Å². The molecule has 0 saturated carbocycles. The summed E-state index contributed by atoms with van der Waals surface area (Å²) in [7, 11) is -9.87. The van der Waals surface area contributed by atoms with Crippen LogP contribution >= 0.6 is 0 Å². The minimum absolute atomic E-state index is 0.169. The normalized spacial score (nSPS) is 12.2. The van der Waals surface area contributed by atoms with Gasteiger partial charge in [0.1, 0.15) is 9.79 Å². The standard InChI is InChI=1S/C12H8O10S2/c13-11(14)7-1-5-3-10(24(20,21)22)8(12(15)16)2-6(5)4-9(7)23(17,18)19/h1-4H,(H,13,14)(H,15,16)(H,17,18,19)(H,20,21,22). The smallest absolute Gasteiger partial charge is 0.337 e. The lowest BCUT2D eigenvalue weighted by molar-refractivity contribution is 0.0681. The maximum absolute atomic E-state index is 11.3. The zero-order chi connectivity index (χ0) is 18.4. The zero-order valence-electron chi connectivity index (χ0n) is 11.4. The number of rotatable bonds is 4. The third-order valence-corrected chi connectivity index (χ3v) is 4.84. The highest BCUT2D eigenvalue weighted by atomic mass is 32.2. The van der Waals surface area contributed by atoms with Crippen LogP contribution in [-0.2, 0) is 20.2 Å². The molecule has 10 nitrogen and oxygen atoms in total. The van der Waals surface area contributed by atoms with Crippen LogP contribution < -0.4 is 0 Å². The first kappa shape index (κ1) is 17.8. The summed E-state index contributed by atoms with van der Waals surface area (Å²) in [6, 6.07) is 2.85. The van der Waals surface area contributed by atoms with E-state index in [1.165, 1.54) is 0 Å². The fourth-order valence-corrected chi connectivity index (χ4v) is 3.47. The second-order valence-electron chi connectivity index (χ2n) is 4.60. The van der Waals surface area contributed by atoms with Crippen molar-refractivity contribution in [1.29, 1.82) is 0 Å². The Kier molecular flexibility index (Phi) is 4.10. The molecule has 128 valence electrons. The molecule has 12 heteroatoms. The van der Waals surface area contributed by atoms with Crippen LogP contribution in [0.5, 0.6) is 0 Å². The summed E-state index contributed by atoms with van der Waals surface area (Å²) in [5.41, 5.74) is -1.70. The summed E-state index contributed by atoms with van der Waals surface area (Å²) in [5.74, 6) is -3.44. The highest BCUT2D eigenvalue weighted by molar-refractivity contribution is 7.86. The quantitative estimate of drug-likeness (QED) is 0.555. The summed E-state index contributed by atoms with van der Waals surface area (Å²) >= 11 is 0. The van der Waals surface area contributed by atoms with Crippen LogP contribution in [0.4, 0.5) is 0 Å². The van der Waals surface area contributed by atoms with Crippen LogP contribution in [0, 0.1) is 0 Å². The van der Waals surface area contributed by atoms with E-state index in [-0.39, 0.29) is 10.8 Å². The third-order valence-electron chi connectivity index (χ3n) is 3.05. The lowest BCUT2D eigenvalue weighted by atomic mass is 10.0. The van der Waals surface area contributed by atoms with E-state index in [1.54, 1.807) is 0 Å². The second kappa shape index (κ2) is 5.52. The Balaban J connectivity index is 3.03. The van der Waals surface area contributed by atoms with E-state index in [9.17, 15) is 26.4 Å². The number of carbonyl (C=O) groups is 2. The molecule has 0 saturated heterocycles. The number of carboxylic acids is 2. The first-order chi connectivity index (χ1) is 10.8. The Morgan fingerprint density at radius 3 is 1.17 bits per heavy atom. The van der Waals surface area contributed by atoms with Crippen molar-refractivity contribution in [3.63, 3.8) is 0 Å². The summed E-state index contributed by atoms with van der Waals surface area (Å²) in [6.45, 7) is 0. The molecule has 0 fully saturated rings. The summed E-state index contributed by atoms with van der Waals surface area (Å²) in [5, 5.41) is 17.7. The monoisotopic (exact) mass is 376 g/mol. The van der Waals surface area contributed by atoms with Crippen LogP contribution in [0.25, 0.3) is 10.8 Å². The predicted molar refractivity (Wildman–Crippen MR) is 77.5 cm³/mol. The minimum atomic E-state index is -4.94. The molecule has 0 heterocycles. The van der Waals surface area contributed by atoms with Gasteiger partial charge < -0.3 is 10.2 Å². The van der Waals surface area contributed by atoms with E-state index >= 15 is 0 Å². The van der Waals surface area contributed by atoms with E-state index in [0.717, 1.165) is 12.1 Å². The lowest BCUT2D eigenvalue weighted by Gasteiger charge is -2.09. The first-order valence-electron chi connectivity index (χ1n) is 5.85. The van der Waals surface area contributed by atoms with Crippen LogP contribution in [-0.4, -0.2) is 48.1 Å². The highest BCUT2D eigenvalue weighted by Gasteiger charge is 2.25. The predicted octanol–water partition coefficient (Wildman–Crippen LogP) is 0.730. The van der Waals surface area contributed by atoms with Crippen molar-refractivity contribution in [1.82, 2.24) is 0 Å². The molecule has 0 aliphatic heterocycles. The van der Waals surface area contributed by atoms with Crippen LogP contribution in [0.3, 0.4) is 0 Å². The number of carboxylic acid groups (broad SMARTS) is 2. The number of benzene rings is 2. The van der Waals surface area contributed by atoms with Crippen LogP contribution in [0.1, 0.15) is 20.7 Å². The molecule has 0 spiro atoms. The van der Waals surface area contributed by atoms with Crippen molar-refractivity contribution >= 4 is 42.9 Å². The first-order valence-corrected chi connectivity index (χ1v) is 8.74. The molecule has 0 aromatic heterocycles. The molecule has 2 aromatic rings. The highest BCUT2D eigenvalue weighted by Crippen LogP contribution is 2.28. The molecule has 4 N–H and O–H groups in total. The van der Waals surface area contributed by atoms with Gasteiger partial charge in [-0.05, 0) is 35.0 Å². The molecule has 0 bridgehead atoms. The Morgan fingerprint density at radius 2 is 0.958 bits per heavy atom. The molecule has 2 aromatic carbocycles. The molecule has 24 heavy (non-hydrogen) atoms. The maximum Gasteiger partial charge on any atom is 0.337 e. The van der Waals surface area contributed by atoms with Gasteiger partial charge in [-0.25, -0.2) is 9.59 Å². The average molecular weight is 376 g/mol. The molecular formula is C12H8O10S2. The lowest BCUT2D eigenvalue weighted by Crippen LogP contribution is -2.10. The van der Waals surface area contributed by atoms with Gasteiger partial charge in [0.15, 0.2) is 0 Å². The van der Waals surface area contributed by atoms with Gasteiger partial charge in [0, 0.05) is 0 Å². The van der Waals surface area contributed by atoms with Gasteiger partial charge in [-0.15, -0.1) is 0 Å². The van der Waals surface area contributed by atoms with Gasteiger partial charge >= 0.3 is 11.9 Å². The van der Waals surface area contributed by atoms with E-state index in [2.05, 4.69) is 0 Å². The molecular weight excluding hydrogens is 368 g/mol. The fourth-order valence-electron chi connectivity index (χ4n) is 2.07. The van der Waals surface area contributed by atoms with Crippen LogP contribution in [0.2, 0.25) is 0 Å². The van der Waals surface area contributed by atoms with Gasteiger partial charge in [0.2, 0.25) is 0 Å². The number of hydrogen-bond acceptors (Lipinski definition) is 6. The molecule has 0 aliphatic rings. The Bertz CT molecular complexity index is 1010. The van der Waals surface area contributed by atoms with Gasteiger partial charge in [-0.1, -0.05) is 0 Å². The Morgan fingerprint density at radius 1 is 0.667 bits per heavy atom. The molecule has 0 radical (unpaired) electrons. The van der Waals surface area contributed by atoms with E-state index < -0.39 is 53.1 Å². The van der Waals surface area contributed by atoms with Crippen molar-refractivity contribution in [2.75, 3.05) is 0 Å². The average Bonchev–Trinajstić information content (AvgIpc) is 2.42. The maximum atomic E-state index is 11.3. The van der Waals surface area contributed by atoms with E-state index in [4.69, 9.17) is 19.3 Å². The SMILES string of the molecule is O=C(O)c1cc2cc(S(=O)(=O)O)c(C(=O)O)cc2cc1S(=O)(=O)O. The van der Waals surface area contributed by atoms with Gasteiger partial charge in [0.05, 0.1) is 11.1 Å². The van der Waals surface area contributed by atoms with Gasteiger partial charge in [-0.3, -0.25) is 9.11 Å². The third kappa shape index (κ3) is 3.21. The molecule has 0 amide bonds. The second-order valence-corrected chi connectivity index (χ2v) is 7.38. The fraction of sp³-hybridized carbons (Fsp3) is 0. The van der Waals surface area contributed by atoms with Crippen molar-refractivity contribution in [3.8, 4) is 0 Å². The zero-order valence-corrected chi connectivity index (χ0v) is 13.0. The van der Waals surface area contributed by atoms with E-state index in [0.29, 0.717) is 12.1 Å². The number of aromatic carboxylic acids is 2. The largest absolute Gasteiger partial charge is 0.478 e. The number of hydrogen-bond donors (Lipinski definition) is 4. The Labute approximate surface area is 134 Å². The Hall–Kier alpha value is -2.54. The topological polar surface area (TPSA) is 183 Å². The molecule has 0 unspecified atom stereocenters. The summed E-state index contributed by atoms with van der Waals surface area (Å²) in [4.78, 5) is 20.3. The molecule has 0 atom stereocenters. The van der Waals surface area contributed by atoms with Gasteiger partial charge in [0.25, 0.3) is 20.2 Å².